The molecule has 0 saturated carbocycles. The Labute approximate surface area is 138 Å². The number of hydrogen-bond acceptors (Lipinski definition) is 0. The van der Waals surface area contributed by atoms with Crippen LogP contribution in [0.15, 0.2) is 0 Å². The topological polar surface area (TPSA) is 0 Å². The molecule has 0 aliphatic rings. The molecule has 0 N–H and O–H groups in total. The van der Waals surface area contributed by atoms with Gasteiger partial charge in [0.2, 0.25) is 0 Å². The molecule has 0 atom stereocenters. The van der Waals surface area contributed by atoms with Crippen molar-refractivity contribution in [3.63, 3.8) is 0 Å². The van der Waals surface area contributed by atoms with Crippen LogP contribution in [-0.2, 0) is 0 Å². The Morgan fingerprint density at radius 2 is 0.842 bits per heavy atom. The van der Waals surface area contributed by atoms with Gasteiger partial charge in [-0.05, 0) is 0 Å². The Morgan fingerprint density at radius 1 is 0.526 bits per heavy atom. The summed E-state index contributed by atoms with van der Waals surface area (Å²) in [5.41, 5.74) is 0. The minimum absolute atomic E-state index is 1.36. The Bertz CT molecular complexity index is 166. The molecule has 0 spiro atoms. The zero-order valence-electron chi connectivity index (χ0n) is 13.2. The second-order valence-corrected chi connectivity index (χ2v) is 32.9. The molecule has 0 amide bonds. The quantitative estimate of drug-likeness (QED) is 0.183. The SMILES string of the molecule is CCCCCCC[CH2][Ge]([Br])([Br])[CH2]CCCCCCC. The molecule has 19 heavy (non-hydrogen) atoms. The summed E-state index contributed by atoms with van der Waals surface area (Å²) in [6.45, 7) is 4.58. The van der Waals surface area contributed by atoms with E-state index in [2.05, 4.69) is 41.9 Å². The second-order valence-electron chi connectivity index (χ2n) is 5.89. The molecule has 0 unspecified atom stereocenters. The zero-order valence-corrected chi connectivity index (χ0v) is 18.4. The van der Waals surface area contributed by atoms with Crippen molar-refractivity contribution >= 4 is 37.6 Å². The van der Waals surface area contributed by atoms with E-state index in [0.717, 1.165) is 0 Å². The van der Waals surface area contributed by atoms with Crippen molar-refractivity contribution in [3.8, 4) is 0 Å². The molecule has 0 rings (SSSR count). The summed E-state index contributed by atoms with van der Waals surface area (Å²) >= 11 is 8.10. The summed E-state index contributed by atoms with van der Waals surface area (Å²) < 4.78 is 0. The van der Waals surface area contributed by atoms with Crippen LogP contribution in [0, 0.1) is 0 Å². The van der Waals surface area contributed by atoms with Gasteiger partial charge in [-0.15, -0.1) is 0 Å². The van der Waals surface area contributed by atoms with Crippen LogP contribution in [0.3, 0.4) is 0 Å². The number of hydrogen-bond donors (Lipinski definition) is 0. The number of rotatable bonds is 14. The fourth-order valence-electron chi connectivity index (χ4n) is 2.45. The van der Waals surface area contributed by atoms with Gasteiger partial charge in [0.25, 0.3) is 0 Å². The monoisotopic (exact) mass is 458 g/mol. The predicted molar refractivity (Wildman–Crippen MR) is 100.0 cm³/mol. The van der Waals surface area contributed by atoms with Crippen molar-refractivity contribution in [1.29, 1.82) is 0 Å². The van der Waals surface area contributed by atoms with Gasteiger partial charge in [-0.2, -0.15) is 0 Å². The first kappa shape index (κ1) is 20.5. The molecule has 0 saturated heterocycles. The van der Waals surface area contributed by atoms with Crippen molar-refractivity contribution in [3.05, 3.63) is 0 Å². The van der Waals surface area contributed by atoms with Crippen molar-refractivity contribution in [2.75, 3.05) is 0 Å². The van der Waals surface area contributed by atoms with Gasteiger partial charge in [-0.25, -0.2) is 0 Å². The molecular weight excluding hydrogens is 425 g/mol. The van der Waals surface area contributed by atoms with Gasteiger partial charge in [0.05, 0.1) is 0 Å². The van der Waals surface area contributed by atoms with Gasteiger partial charge in [0.1, 0.15) is 0 Å². The Hall–Kier alpha value is 1.50. The molecule has 0 aromatic carbocycles. The Balaban J connectivity index is 3.36. The molecule has 0 heterocycles. The van der Waals surface area contributed by atoms with E-state index in [1.54, 1.807) is 0 Å². The molecule has 0 aliphatic heterocycles. The number of halogens is 2. The van der Waals surface area contributed by atoms with E-state index in [9.17, 15) is 0 Å². The normalized spacial score (nSPS) is 12.0. The third kappa shape index (κ3) is 15.7. The van der Waals surface area contributed by atoms with Gasteiger partial charge in [-0.1, -0.05) is 0 Å². The van der Waals surface area contributed by atoms with Crippen LogP contribution in [-0.4, -0.2) is 9.58 Å². The van der Waals surface area contributed by atoms with E-state index in [1.165, 1.54) is 87.6 Å². The Morgan fingerprint density at radius 3 is 1.21 bits per heavy atom. The van der Waals surface area contributed by atoms with Gasteiger partial charge < -0.3 is 0 Å². The van der Waals surface area contributed by atoms with Crippen molar-refractivity contribution in [2.45, 2.75) is 101 Å². The molecule has 0 bridgehead atoms. The van der Waals surface area contributed by atoms with E-state index in [1.807, 2.05) is 0 Å². The van der Waals surface area contributed by atoms with Crippen LogP contribution in [0.1, 0.15) is 90.9 Å². The van der Waals surface area contributed by atoms with Crippen molar-refractivity contribution < 1.29 is 0 Å². The maximum absolute atomic E-state index is 4.05. The van der Waals surface area contributed by atoms with Crippen molar-refractivity contribution in [2.24, 2.45) is 0 Å². The molecule has 3 heteroatoms. The van der Waals surface area contributed by atoms with E-state index >= 15 is 0 Å². The van der Waals surface area contributed by atoms with Crippen LogP contribution in [0.4, 0.5) is 0 Å². The van der Waals surface area contributed by atoms with E-state index in [4.69, 9.17) is 0 Å². The van der Waals surface area contributed by atoms with Gasteiger partial charge >= 0.3 is 139 Å². The van der Waals surface area contributed by atoms with Crippen LogP contribution in [0.5, 0.6) is 0 Å². The second kappa shape index (κ2) is 14.4. The molecule has 116 valence electrons. The first-order valence-corrected chi connectivity index (χ1v) is 21.3. The standard InChI is InChI=1S/C16H34Br2Ge/c1-3-5-7-9-11-13-15-19(17,18)16-14-12-10-8-6-4-2/h3-16H2,1-2H3. The van der Waals surface area contributed by atoms with Gasteiger partial charge in [-0.3, -0.25) is 0 Å². The zero-order chi connectivity index (χ0) is 14.4. The number of unbranched alkanes of at least 4 members (excludes halogenated alkanes) is 10. The molecule has 0 aliphatic carbocycles. The third-order valence-electron chi connectivity index (χ3n) is 3.79. The summed E-state index contributed by atoms with van der Waals surface area (Å²) in [5.74, 6) is 0. The van der Waals surface area contributed by atoms with E-state index < -0.39 is 9.58 Å². The first-order valence-electron chi connectivity index (χ1n) is 8.50. The molecule has 0 radical (unpaired) electrons. The Kier molecular flexibility index (Phi) is 15.6. The van der Waals surface area contributed by atoms with Crippen LogP contribution in [0.25, 0.3) is 0 Å². The summed E-state index contributed by atoms with van der Waals surface area (Å²) in [5, 5.41) is 2.92. The van der Waals surface area contributed by atoms with Crippen LogP contribution >= 0.6 is 28.0 Å². The average molecular weight is 459 g/mol. The fraction of sp³-hybridized carbons (Fsp3) is 1.00. The average Bonchev–Trinajstić information content (AvgIpc) is 2.38. The van der Waals surface area contributed by atoms with E-state index in [0.29, 0.717) is 0 Å². The molecule has 0 aromatic heterocycles. The summed E-state index contributed by atoms with van der Waals surface area (Å²) in [4.78, 5) is 0. The third-order valence-corrected chi connectivity index (χ3v) is 16.6. The van der Waals surface area contributed by atoms with Crippen LogP contribution in [0.2, 0.25) is 10.5 Å². The molecule has 0 fully saturated rings. The summed E-state index contributed by atoms with van der Waals surface area (Å²) in [6.07, 6.45) is 17.1. The summed E-state index contributed by atoms with van der Waals surface area (Å²) in [6, 6.07) is 0. The van der Waals surface area contributed by atoms with Gasteiger partial charge in [0, 0.05) is 0 Å². The fourth-order valence-corrected chi connectivity index (χ4v) is 12.0. The van der Waals surface area contributed by atoms with Gasteiger partial charge in [0.15, 0.2) is 0 Å². The molecule has 0 nitrogen and oxygen atoms in total. The van der Waals surface area contributed by atoms with Crippen LogP contribution < -0.4 is 0 Å². The summed E-state index contributed by atoms with van der Waals surface area (Å²) in [7, 11) is -1.72. The van der Waals surface area contributed by atoms with E-state index in [-0.39, 0.29) is 0 Å². The molecular formula is C16H34Br2Ge. The maximum atomic E-state index is 4.05. The molecule has 0 aromatic rings. The first-order chi connectivity index (χ1) is 9.12. The minimum atomic E-state index is -1.72. The van der Waals surface area contributed by atoms with Crippen molar-refractivity contribution in [1.82, 2.24) is 0 Å². The predicted octanol–water partition coefficient (Wildman–Crippen LogP) is 7.94.